The van der Waals surface area contributed by atoms with Crippen molar-refractivity contribution in [3.05, 3.63) is 0 Å². The summed E-state index contributed by atoms with van der Waals surface area (Å²) in [4.78, 5) is 0. The number of hydrogen-bond acceptors (Lipinski definition) is 2. The molecule has 0 aliphatic heterocycles. The van der Waals surface area contributed by atoms with Crippen molar-refractivity contribution in [1.29, 1.82) is 0 Å². The molecule has 92 valence electrons. The lowest BCUT2D eigenvalue weighted by atomic mass is 9.90. The Hall–Kier alpha value is -0.0800. The van der Waals surface area contributed by atoms with E-state index >= 15 is 0 Å². The predicted octanol–water partition coefficient (Wildman–Crippen LogP) is 2.95. The van der Waals surface area contributed by atoms with Gasteiger partial charge in [0.2, 0.25) is 0 Å². The molecule has 0 aliphatic carbocycles. The van der Waals surface area contributed by atoms with Crippen LogP contribution in [0.25, 0.3) is 0 Å². The van der Waals surface area contributed by atoms with E-state index in [-0.39, 0.29) is 12.1 Å². The molecule has 0 amide bonds. The average Bonchev–Trinajstić information content (AvgIpc) is 2.26. The van der Waals surface area contributed by atoms with E-state index in [9.17, 15) is 5.11 Å². The maximum atomic E-state index is 9.38. The second-order valence-electron chi connectivity index (χ2n) is 5.00. The van der Waals surface area contributed by atoms with Gasteiger partial charge < -0.3 is 10.4 Å². The van der Waals surface area contributed by atoms with E-state index in [4.69, 9.17) is 0 Å². The summed E-state index contributed by atoms with van der Waals surface area (Å²) in [5.41, 5.74) is -0.108. The first-order valence-corrected chi connectivity index (χ1v) is 6.41. The molecule has 3 unspecified atom stereocenters. The Kier molecular flexibility index (Phi) is 7.20. The smallest absolute Gasteiger partial charge is 0.0610 e. The largest absolute Gasteiger partial charge is 0.394 e. The molecular formula is C13H29NO. The van der Waals surface area contributed by atoms with Gasteiger partial charge in [0, 0.05) is 11.6 Å². The van der Waals surface area contributed by atoms with Crippen LogP contribution in [-0.4, -0.2) is 23.3 Å². The van der Waals surface area contributed by atoms with Crippen molar-refractivity contribution in [3.8, 4) is 0 Å². The standard InChI is InChI=1S/C13H29NO/c1-6-9-11(4)12(7-2)14-13(5,8-3)10-15/h11-12,14-15H,6-10H2,1-5H3. The van der Waals surface area contributed by atoms with Crippen LogP contribution in [0.15, 0.2) is 0 Å². The van der Waals surface area contributed by atoms with E-state index in [0.29, 0.717) is 12.0 Å². The van der Waals surface area contributed by atoms with Crippen LogP contribution in [0.4, 0.5) is 0 Å². The molecule has 0 aromatic rings. The Morgan fingerprint density at radius 3 is 2.20 bits per heavy atom. The van der Waals surface area contributed by atoms with Crippen LogP contribution >= 0.6 is 0 Å². The van der Waals surface area contributed by atoms with Gasteiger partial charge in [0.05, 0.1) is 6.61 Å². The topological polar surface area (TPSA) is 32.3 Å². The summed E-state index contributed by atoms with van der Waals surface area (Å²) >= 11 is 0. The predicted molar refractivity (Wildman–Crippen MR) is 67.1 cm³/mol. The van der Waals surface area contributed by atoms with Gasteiger partial charge in [-0.2, -0.15) is 0 Å². The normalized spacial score (nSPS) is 19.6. The van der Waals surface area contributed by atoms with E-state index < -0.39 is 0 Å². The first-order chi connectivity index (χ1) is 7.02. The van der Waals surface area contributed by atoms with Gasteiger partial charge in [-0.15, -0.1) is 0 Å². The van der Waals surface area contributed by atoms with Crippen LogP contribution in [-0.2, 0) is 0 Å². The lowest BCUT2D eigenvalue weighted by molar-refractivity contribution is 0.141. The number of aliphatic hydroxyl groups excluding tert-OH is 1. The molecule has 15 heavy (non-hydrogen) atoms. The van der Waals surface area contributed by atoms with Crippen molar-refractivity contribution >= 4 is 0 Å². The first-order valence-electron chi connectivity index (χ1n) is 6.41. The van der Waals surface area contributed by atoms with Crippen LogP contribution in [0.5, 0.6) is 0 Å². The van der Waals surface area contributed by atoms with Crippen molar-refractivity contribution in [2.45, 2.75) is 71.9 Å². The van der Waals surface area contributed by atoms with Crippen LogP contribution in [0.2, 0.25) is 0 Å². The van der Waals surface area contributed by atoms with Gasteiger partial charge in [-0.05, 0) is 32.1 Å². The van der Waals surface area contributed by atoms with Crippen molar-refractivity contribution in [2.24, 2.45) is 5.92 Å². The van der Waals surface area contributed by atoms with Crippen molar-refractivity contribution < 1.29 is 5.11 Å². The molecule has 0 saturated carbocycles. The fraction of sp³-hybridized carbons (Fsp3) is 1.00. The van der Waals surface area contributed by atoms with Gasteiger partial charge in [-0.1, -0.05) is 34.1 Å². The molecule has 0 aromatic heterocycles. The summed E-state index contributed by atoms with van der Waals surface area (Å²) in [5.74, 6) is 0.692. The molecule has 0 spiro atoms. The second-order valence-corrected chi connectivity index (χ2v) is 5.00. The molecule has 0 saturated heterocycles. The van der Waals surface area contributed by atoms with Gasteiger partial charge in [-0.3, -0.25) is 0 Å². The van der Waals surface area contributed by atoms with Gasteiger partial charge in [0.1, 0.15) is 0 Å². The Morgan fingerprint density at radius 1 is 1.27 bits per heavy atom. The molecule has 0 aliphatic rings. The van der Waals surface area contributed by atoms with E-state index in [0.717, 1.165) is 12.8 Å². The summed E-state index contributed by atoms with van der Waals surface area (Å²) < 4.78 is 0. The Labute approximate surface area is 95.5 Å². The Morgan fingerprint density at radius 2 is 1.87 bits per heavy atom. The third kappa shape index (κ3) is 4.98. The zero-order valence-corrected chi connectivity index (χ0v) is 11.1. The summed E-state index contributed by atoms with van der Waals surface area (Å²) in [7, 11) is 0. The van der Waals surface area contributed by atoms with Gasteiger partial charge in [-0.25, -0.2) is 0 Å². The fourth-order valence-electron chi connectivity index (χ4n) is 2.01. The Balaban J connectivity index is 4.29. The fourth-order valence-corrected chi connectivity index (χ4v) is 2.01. The van der Waals surface area contributed by atoms with Crippen molar-refractivity contribution in [1.82, 2.24) is 5.32 Å². The SMILES string of the molecule is CCCC(C)C(CC)NC(C)(CC)CO. The number of hydrogen-bond donors (Lipinski definition) is 2. The molecule has 0 heterocycles. The van der Waals surface area contributed by atoms with Gasteiger partial charge in [0.25, 0.3) is 0 Å². The summed E-state index contributed by atoms with van der Waals surface area (Å²) in [6, 6.07) is 0.530. The molecular weight excluding hydrogens is 186 g/mol. The van der Waals surface area contributed by atoms with Crippen LogP contribution in [0.3, 0.4) is 0 Å². The molecule has 2 nitrogen and oxygen atoms in total. The highest BCUT2D eigenvalue weighted by atomic mass is 16.3. The van der Waals surface area contributed by atoms with Crippen LogP contribution in [0.1, 0.15) is 60.3 Å². The van der Waals surface area contributed by atoms with Gasteiger partial charge >= 0.3 is 0 Å². The number of rotatable bonds is 8. The number of aliphatic hydroxyl groups is 1. The minimum Gasteiger partial charge on any atom is -0.394 e. The molecule has 0 radical (unpaired) electrons. The quantitative estimate of drug-likeness (QED) is 0.652. The molecule has 0 rings (SSSR count). The summed E-state index contributed by atoms with van der Waals surface area (Å²) in [5, 5.41) is 13.0. The zero-order valence-electron chi connectivity index (χ0n) is 11.1. The third-order valence-corrected chi connectivity index (χ3v) is 3.53. The molecule has 2 N–H and O–H groups in total. The molecule has 0 aromatic carbocycles. The van der Waals surface area contributed by atoms with Crippen molar-refractivity contribution in [2.75, 3.05) is 6.61 Å². The van der Waals surface area contributed by atoms with Crippen molar-refractivity contribution in [3.63, 3.8) is 0 Å². The first kappa shape index (κ1) is 14.9. The molecule has 0 bridgehead atoms. The van der Waals surface area contributed by atoms with Crippen LogP contribution < -0.4 is 5.32 Å². The van der Waals surface area contributed by atoms with Gasteiger partial charge in [0.15, 0.2) is 0 Å². The second kappa shape index (κ2) is 7.24. The van der Waals surface area contributed by atoms with E-state index in [1.165, 1.54) is 12.8 Å². The average molecular weight is 215 g/mol. The molecule has 2 heteroatoms. The summed E-state index contributed by atoms with van der Waals surface area (Å²) in [6.07, 6.45) is 4.60. The maximum Gasteiger partial charge on any atom is 0.0610 e. The minimum absolute atomic E-state index is 0.108. The Bertz CT molecular complexity index is 155. The minimum atomic E-state index is -0.108. The van der Waals surface area contributed by atoms with Crippen LogP contribution in [0, 0.1) is 5.92 Å². The van der Waals surface area contributed by atoms with E-state index in [1.807, 2.05) is 0 Å². The highest BCUT2D eigenvalue weighted by molar-refractivity contribution is 4.86. The molecule has 3 atom stereocenters. The highest BCUT2D eigenvalue weighted by Crippen LogP contribution is 2.18. The highest BCUT2D eigenvalue weighted by Gasteiger charge is 2.26. The monoisotopic (exact) mass is 215 g/mol. The molecule has 0 fully saturated rings. The zero-order chi connectivity index (χ0) is 11.9. The lowest BCUT2D eigenvalue weighted by Gasteiger charge is -2.35. The number of nitrogens with one attached hydrogen (secondary N) is 1. The van der Waals surface area contributed by atoms with E-state index in [1.54, 1.807) is 0 Å². The van der Waals surface area contributed by atoms with E-state index in [2.05, 4.69) is 39.9 Å². The summed E-state index contributed by atoms with van der Waals surface area (Å²) in [6.45, 7) is 11.2. The third-order valence-electron chi connectivity index (χ3n) is 3.53. The lowest BCUT2D eigenvalue weighted by Crippen LogP contribution is -2.52. The maximum absolute atomic E-state index is 9.38.